The Labute approximate surface area is 180 Å². The topological polar surface area (TPSA) is 58.6 Å². The Morgan fingerprint density at radius 2 is 1.67 bits per heavy atom. The van der Waals surface area contributed by atoms with Crippen molar-refractivity contribution in [2.24, 2.45) is 0 Å². The van der Waals surface area contributed by atoms with Crippen molar-refractivity contribution in [3.63, 3.8) is 0 Å². The van der Waals surface area contributed by atoms with E-state index in [4.69, 9.17) is 4.74 Å². The van der Waals surface area contributed by atoms with Crippen LogP contribution >= 0.6 is 0 Å². The number of nitrogens with zero attached hydrogens (tertiary/aromatic N) is 1. The van der Waals surface area contributed by atoms with Gasteiger partial charge in [0.05, 0.1) is 0 Å². The zero-order valence-electron chi connectivity index (χ0n) is 18.8. The number of amides is 2. The van der Waals surface area contributed by atoms with Gasteiger partial charge in [-0.2, -0.15) is 0 Å². The van der Waals surface area contributed by atoms with E-state index in [2.05, 4.69) is 26.1 Å². The van der Waals surface area contributed by atoms with E-state index < -0.39 is 6.04 Å². The van der Waals surface area contributed by atoms with E-state index >= 15 is 0 Å². The second-order valence-corrected chi connectivity index (χ2v) is 8.40. The number of benzene rings is 2. The second kappa shape index (κ2) is 10.8. The lowest BCUT2D eigenvalue weighted by atomic mass is 9.86. The fourth-order valence-electron chi connectivity index (χ4n) is 3.50. The smallest absolute Gasteiger partial charge is 0.261 e. The van der Waals surface area contributed by atoms with Gasteiger partial charge in [0, 0.05) is 13.6 Å². The average molecular weight is 411 g/mol. The van der Waals surface area contributed by atoms with Crippen LogP contribution in [0, 0.1) is 0 Å². The molecule has 0 aromatic heterocycles. The molecule has 0 fully saturated rings. The van der Waals surface area contributed by atoms with Crippen LogP contribution < -0.4 is 10.1 Å². The molecule has 1 N–H and O–H groups in total. The summed E-state index contributed by atoms with van der Waals surface area (Å²) < 4.78 is 5.94. The highest BCUT2D eigenvalue weighted by Crippen LogP contribution is 2.31. The molecule has 2 aromatic rings. The lowest BCUT2D eigenvalue weighted by Crippen LogP contribution is -2.50. The molecule has 0 aliphatic heterocycles. The maximum absolute atomic E-state index is 13.1. The van der Waals surface area contributed by atoms with Gasteiger partial charge in [-0.1, -0.05) is 76.2 Å². The predicted molar refractivity (Wildman–Crippen MR) is 121 cm³/mol. The largest absolute Gasteiger partial charge is 0.483 e. The van der Waals surface area contributed by atoms with E-state index in [1.54, 1.807) is 11.9 Å². The van der Waals surface area contributed by atoms with Crippen molar-refractivity contribution in [3.8, 4) is 5.75 Å². The van der Waals surface area contributed by atoms with Gasteiger partial charge >= 0.3 is 0 Å². The number of carbonyl (C=O) groups is 2. The zero-order valence-corrected chi connectivity index (χ0v) is 18.8. The summed E-state index contributed by atoms with van der Waals surface area (Å²) in [4.78, 5) is 27.2. The Balaban J connectivity index is 2.17. The van der Waals surface area contributed by atoms with Gasteiger partial charge in [0.15, 0.2) is 6.61 Å². The second-order valence-electron chi connectivity index (χ2n) is 8.40. The molecule has 2 aromatic carbocycles. The van der Waals surface area contributed by atoms with Gasteiger partial charge in [0.2, 0.25) is 5.91 Å². The molecular weight excluding hydrogens is 376 g/mol. The molecule has 0 heterocycles. The fourth-order valence-corrected chi connectivity index (χ4v) is 3.50. The van der Waals surface area contributed by atoms with Crippen LogP contribution in [-0.4, -0.2) is 43.0 Å². The summed E-state index contributed by atoms with van der Waals surface area (Å²) >= 11 is 0. The van der Waals surface area contributed by atoms with Crippen molar-refractivity contribution in [2.75, 3.05) is 20.2 Å². The van der Waals surface area contributed by atoms with Gasteiger partial charge in [-0.05, 0) is 35.4 Å². The molecule has 0 radical (unpaired) electrons. The quantitative estimate of drug-likeness (QED) is 0.681. The van der Waals surface area contributed by atoms with Gasteiger partial charge in [-0.25, -0.2) is 0 Å². The summed E-state index contributed by atoms with van der Waals surface area (Å²) in [5.41, 5.74) is 2.08. The third-order valence-corrected chi connectivity index (χ3v) is 5.16. The lowest BCUT2D eigenvalue weighted by Gasteiger charge is -2.30. The predicted octanol–water partition coefficient (Wildman–Crippen LogP) is 3.96. The Morgan fingerprint density at radius 1 is 1.03 bits per heavy atom. The summed E-state index contributed by atoms with van der Waals surface area (Å²) in [5.74, 6) is 0.355. The summed E-state index contributed by atoms with van der Waals surface area (Å²) in [7, 11) is 1.60. The van der Waals surface area contributed by atoms with Gasteiger partial charge in [0.1, 0.15) is 11.8 Å². The van der Waals surface area contributed by atoms with Crippen molar-refractivity contribution in [1.29, 1.82) is 0 Å². The van der Waals surface area contributed by atoms with Crippen LogP contribution in [0.15, 0.2) is 54.6 Å². The molecule has 2 rings (SSSR count). The molecule has 30 heavy (non-hydrogen) atoms. The summed E-state index contributed by atoms with van der Waals surface area (Å²) in [5, 5.41) is 2.68. The Bertz CT molecular complexity index is 828. The zero-order chi connectivity index (χ0) is 22.1. The first-order valence-electron chi connectivity index (χ1n) is 10.5. The molecule has 0 saturated heterocycles. The van der Waals surface area contributed by atoms with Gasteiger partial charge < -0.3 is 15.0 Å². The molecule has 0 spiro atoms. The van der Waals surface area contributed by atoms with E-state index in [1.807, 2.05) is 61.5 Å². The Hall–Kier alpha value is -2.82. The number of ether oxygens (including phenoxy) is 1. The van der Waals surface area contributed by atoms with Crippen LogP contribution in [0.25, 0.3) is 0 Å². The molecular formula is C25H34N2O3. The third kappa shape index (κ3) is 6.34. The van der Waals surface area contributed by atoms with Crippen molar-refractivity contribution in [1.82, 2.24) is 10.2 Å². The molecule has 5 nitrogen and oxygen atoms in total. The van der Waals surface area contributed by atoms with Crippen LogP contribution in [0.3, 0.4) is 0 Å². The molecule has 0 saturated carbocycles. The van der Waals surface area contributed by atoms with Crippen LogP contribution in [0.5, 0.6) is 5.75 Å². The first-order chi connectivity index (χ1) is 14.3. The van der Waals surface area contributed by atoms with E-state index in [0.717, 1.165) is 11.1 Å². The van der Waals surface area contributed by atoms with Gasteiger partial charge in [-0.3, -0.25) is 9.59 Å². The van der Waals surface area contributed by atoms with E-state index in [0.29, 0.717) is 25.1 Å². The van der Waals surface area contributed by atoms with E-state index in [-0.39, 0.29) is 23.8 Å². The van der Waals surface area contributed by atoms with Crippen LogP contribution in [-0.2, 0) is 21.4 Å². The van der Waals surface area contributed by atoms with E-state index in [9.17, 15) is 9.59 Å². The molecule has 0 bridgehead atoms. The minimum absolute atomic E-state index is 0.0965. The third-order valence-electron chi connectivity index (χ3n) is 5.16. The molecule has 0 unspecified atom stereocenters. The lowest BCUT2D eigenvalue weighted by molar-refractivity contribution is -0.142. The highest BCUT2D eigenvalue weighted by Gasteiger charge is 2.28. The number of nitrogens with one attached hydrogen (secondary N) is 1. The van der Waals surface area contributed by atoms with Crippen molar-refractivity contribution >= 4 is 11.8 Å². The first-order valence-corrected chi connectivity index (χ1v) is 10.5. The van der Waals surface area contributed by atoms with Crippen LogP contribution in [0.2, 0.25) is 0 Å². The van der Waals surface area contributed by atoms with Crippen LogP contribution in [0.1, 0.15) is 45.2 Å². The number of carbonyl (C=O) groups excluding carboxylic acids is 2. The number of hydrogen-bond acceptors (Lipinski definition) is 3. The Morgan fingerprint density at radius 3 is 2.27 bits per heavy atom. The van der Waals surface area contributed by atoms with Gasteiger partial charge in [0.25, 0.3) is 5.91 Å². The summed E-state index contributed by atoms with van der Waals surface area (Å²) in [6.45, 7) is 8.61. The minimum atomic E-state index is -0.521. The first kappa shape index (κ1) is 23.5. The fraction of sp³-hybridized carbons (Fsp3) is 0.440. The summed E-state index contributed by atoms with van der Waals surface area (Å²) in [6, 6.07) is 17.2. The minimum Gasteiger partial charge on any atom is -0.483 e. The van der Waals surface area contributed by atoms with Crippen molar-refractivity contribution < 1.29 is 14.3 Å². The monoisotopic (exact) mass is 410 g/mol. The van der Waals surface area contributed by atoms with Gasteiger partial charge in [-0.15, -0.1) is 0 Å². The van der Waals surface area contributed by atoms with Crippen LogP contribution in [0.4, 0.5) is 0 Å². The highest BCUT2D eigenvalue weighted by atomic mass is 16.5. The molecule has 1 atom stereocenters. The maximum atomic E-state index is 13.1. The number of likely N-dealkylation sites (N-methyl/N-ethyl adjacent to an activating group) is 1. The molecule has 2 amide bonds. The number of para-hydroxylation sites is 1. The number of hydrogen-bond donors (Lipinski definition) is 1. The number of rotatable bonds is 9. The summed E-state index contributed by atoms with van der Waals surface area (Å²) in [6.07, 6.45) is 1.22. The standard InChI is InChI=1S/C25H34N2O3/c1-6-21(24(29)26-5)27(17-16-19-12-8-7-9-13-19)23(28)18-30-22-15-11-10-14-20(22)25(2,3)4/h7-15,21H,6,16-18H2,1-5H3,(H,26,29)/t21-/m1/s1. The maximum Gasteiger partial charge on any atom is 0.261 e. The SMILES string of the molecule is CC[C@H](C(=O)NC)N(CCc1ccccc1)C(=O)COc1ccccc1C(C)(C)C. The molecule has 162 valence electrons. The molecule has 0 aliphatic rings. The molecule has 5 heteroatoms. The van der Waals surface area contributed by atoms with Crippen molar-refractivity contribution in [3.05, 3.63) is 65.7 Å². The Kier molecular flexibility index (Phi) is 8.46. The van der Waals surface area contributed by atoms with Crippen molar-refractivity contribution in [2.45, 2.75) is 52.0 Å². The normalized spacial score (nSPS) is 12.2. The molecule has 0 aliphatic carbocycles. The average Bonchev–Trinajstić information content (AvgIpc) is 2.74. The van der Waals surface area contributed by atoms with E-state index in [1.165, 1.54) is 0 Å². The highest BCUT2D eigenvalue weighted by molar-refractivity contribution is 5.88.